The van der Waals surface area contributed by atoms with Gasteiger partial charge in [0.2, 0.25) is 0 Å². The van der Waals surface area contributed by atoms with Gasteiger partial charge in [-0.3, -0.25) is 14.5 Å². The quantitative estimate of drug-likeness (QED) is 0.597. The van der Waals surface area contributed by atoms with Gasteiger partial charge in [0.05, 0.1) is 0 Å². The first-order valence-electron chi connectivity index (χ1n) is 8.85. The maximum Gasteiger partial charge on any atom is 0.317 e. The Labute approximate surface area is 144 Å². The molecule has 24 heavy (non-hydrogen) atoms. The number of carbonyl (C=O) groups is 3. The molecule has 2 rings (SSSR count). The third kappa shape index (κ3) is 4.82. The Kier molecular flexibility index (Phi) is 6.02. The van der Waals surface area contributed by atoms with Gasteiger partial charge in [-0.05, 0) is 37.0 Å². The molecule has 1 atom stereocenters. The number of nitrogens with zero attached hydrogens (tertiary/aromatic N) is 2. The Morgan fingerprint density at radius 2 is 1.83 bits per heavy atom. The van der Waals surface area contributed by atoms with Crippen LogP contribution in [0.15, 0.2) is 12.2 Å². The molecule has 0 radical (unpaired) electrons. The molecule has 134 valence electrons. The van der Waals surface area contributed by atoms with Crippen LogP contribution in [0, 0.1) is 11.3 Å². The van der Waals surface area contributed by atoms with Crippen molar-refractivity contribution in [3.8, 4) is 0 Å². The monoisotopic (exact) mass is 335 g/mol. The fraction of sp³-hybridized carbons (Fsp3) is 0.722. The van der Waals surface area contributed by atoms with Gasteiger partial charge in [0.15, 0.2) is 0 Å². The third-order valence-electron chi connectivity index (χ3n) is 4.94. The van der Waals surface area contributed by atoms with Crippen molar-refractivity contribution in [2.24, 2.45) is 11.3 Å². The molecular weight excluding hydrogens is 306 g/mol. The number of likely N-dealkylation sites (tertiary alicyclic amines) is 1. The van der Waals surface area contributed by atoms with Crippen molar-refractivity contribution in [1.29, 1.82) is 0 Å². The van der Waals surface area contributed by atoms with Crippen molar-refractivity contribution in [2.75, 3.05) is 26.2 Å². The number of rotatable bonds is 6. The minimum Gasteiger partial charge on any atom is -0.338 e. The van der Waals surface area contributed by atoms with Crippen LogP contribution in [0.2, 0.25) is 0 Å². The van der Waals surface area contributed by atoms with E-state index in [0.29, 0.717) is 19.0 Å². The summed E-state index contributed by atoms with van der Waals surface area (Å²) in [6.07, 6.45) is 6.19. The number of nitrogens with one attached hydrogen (secondary N) is 1. The van der Waals surface area contributed by atoms with Crippen molar-refractivity contribution < 1.29 is 14.4 Å². The lowest BCUT2D eigenvalue weighted by molar-refractivity contribution is -0.136. The van der Waals surface area contributed by atoms with E-state index in [-0.39, 0.29) is 23.3 Å². The lowest BCUT2D eigenvalue weighted by Crippen LogP contribution is -2.39. The van der Waals surface area contributed by atoms with Gasteiger partial charge in [-0.2, -0.15) is 0 Å². The van der Waals surface area contributed by atoms with Gasteiger partial charge in [0.25, 0.3) is 11.8 Å². The highest BCUT2D eigenvalue weighted by atomic mass is 16.2. The molecule has 1 saturated heterocycles. The number of unbranched alkanes of at least 4 members (excludes halogenated alkanes) is 2. The second kappa shape index (κ2) is 7.81. The van der Waals surface area contributed by atoms with Crippen LogP contribution in [0.5, 0.6) is 0 Å². The summed E-state index contributed by atoms with van der Waals surface area (Å²) in [4.78, 5) is 38.1. The molecule has 1 fully saturated rings. The van der Waals surface area contributed by atoms with Gasteiger partial charge in [-0.25, -0.2) is 4.79 Å². The molecule has 2 heterocycles. The summed E-state index contributed by atoms with van der Waals surface area (Å²) in [5.74, 6) is 0.110. The van der Waals surface area contributed by atoms with Crippen LogP contribution in [0.25, 0.3) is 0 Å². The van der Waals surface area contributed by atoms with Crippen LogP contribution in [-0.4, -0.2) is 53.8 Å². The van der Waals surface area contributed by atoms with Crippen LogP contribution in [0.3, 0.4) is 0 Å². The van der Waals surface area contributed by atoms with Gasteiger partial charge in [0.1, 0.15) is 0 Å². The summed E-state index contributed by atoms with van der Waals surface area (Å²) in [6, 6.07) is 0.0239. The molecule has 0 unspecified atom stereocenters. The second-order valence-electron chi connectivity index (χ2n) is 7.75. The standard InChI is InChI=1S/C18H29N3O3/c1-18(2,3)14-9-12-20(13-14)17(24)19-10-5-4-6-11-21-15(22)7-8-16(21)23/h7-8,14H,4-6,9-13H2,1-3H3,(H,19,24)/t14-/m1/s1. The molecule has 0 aromatic rings. The van der Waals surface area contributed by atoms with Crippen LogP contribution in [-0.2, 0) is 9.59 Å². The SMILES string of the molecule is CC(C)(C)[C@@H]1CCN(C(=O)NCCCCCN2C(=O)C=CC2=O)C1. The zero-order chi connectivity index (χ0) is 17.7. The first kappa shape index (κ1) is 18.5. The van der Waals surface area contributed by atoms with Crippen LogP contribution < -0.4 is 5.32 Å². The number of imide groups is 1. The van der Waals surface area contributed by atoms with E-state index in [0.717, 1.165) is 38.8 Å². The Morgan fingerprint density at radius 3 is 2.42 bits per heavy atom. The van der Waals surface area contributed by atoms with Crippen molar-refractivity contribution in [3.63, 3.8) is 0 Å². The van der Waals surface area contributed by atoms with E-state index in [4.69, 9.17) is 0 Å². The molecule has 1 N–H and O–H groups in total. The van der Waals surface area contributed by atoms with Gasteiger partial charge >= 0.3 is 6.03 Å². The highest BCUT2D eigenvalue weighted by Crippen LogP contribution is 2.33. The van der Waals surface area contributed by atoms with Crippen LogP contribution >= 0.6 is 0 Å². The molecule has 0 aliphatic carbocycles. The van der Waals surface area contributed by atoms with Crippen LogP contribution in [0.4, 0.5) is 4.79 Å². The van der Waals surface area contributed by atoms with E-state index in [1.807, 2.05) is 4.90 Å². The number of carbonyl (C=O) groups excluding carboxylic acids is 3. The zero-order valence-electron chi connectivity index (χ0n) is 15.0. The van der Waals surface area contributed by atoms with Crippen molar-refractivity contribution in [3.05, 3.63) is 12.2 Å². The molecule has 6 nitrogen and oxygen atoms in total. The van der Waals surface area contributed by atoms with E-state index in [9.17, 15) is 14.4 Å². The fourth-order valence-corrected chi connectivity index (χ4v) is 3.18. The van der Waals surface area contributed by atoms with Crippen molar-refractivity contribution >= 4 is 17.8 Å². The summed E-state index contributed by atoms with van der Waals surface area (Å²) in [6.45, 7) is 9.44. The van der Waals surface area contributed by atoms with E-state index < -0.39 is 0 Å². The normalized spacial score (nSPS) is 21.0. The molecule has 0 spiro atoms. The first-order chi connectivity index (χ1) is 11.3. The molecule has 6 heteroatoms. The summed E-state index contributed by atoms with van der Waals surface area (Å²) in [5, 5.41) is 2.97. The summed E-state index contributed by atoms with van der Waals surface area (Å²) >= 11 is 0. The molecule has 0 bridgehead atoms. The minimum atomic E-state index is -0.226. The van der Waals surface area contributed by atoms with E-state index in [2.05, 4.69) is 26.1 Å². The molecule has 4 amide bonds. The lowest BCUT2D eigenvalue weighted by Gasteiger charge is -2.27. The van der Waals surface area contributed by atoms with Gasteiger partial charge in [-0.1, -0.05) is 20.8 Å². The highest BCUT2D eigenvalue weighted by Gasteiger charge is 2.33. The molecule has 2 aliphatic heterocycles. The molecule has 0 saturated carbocycles. The van der Waals surface area contributed by atoms with Crippen molar-refractivity contribution in [2.45, 2.75) is 46.5 Å². The van der Waals surface area contributed by atoms with Gasteiger partial charge in [-0.15, -0.1) is 0 Å². The average Bonchev–Trinajstić information content (AvgIpc) is 3.11. The number of hydrogen-bond donors (Lipinski definition) is 1. The lowest BCUT2D eigenvalue weighted by atomic mass is 9.80. The van der Waals surface area contributed by atoms with Gasteiger partial charge in [0, 0.05) is 38.3 Å². The summed E-state index contributed by atoms with van der Waals surface area (Å²) in [7, 11) is 0. The van der Waals surface area contributed by atoms with Gasteiger partial charge < -0.3 is 10.2 Å². The summed E-state index contributed by atoms with van der Waals surface area (Å²) < 4.78 is 0. The number of urea groups is 1. The second-order valence-corrected chi connectivity index (χ2v) is 7.75. The largest absolute Gasteiger partial charge is 0.338 e. The predicted molar refractivity (Wildman–Crippen MR) is 92.2 cm³/mol. The Balaban J connectivity index is 1.56. The molecule has 0 aromatic heterocycles. The third-order valence-corrected chi connectivity index (χ3v) is 4.94. The van der Waals surface area contributed by atoms with Crippen molar-refractivity contribution in [1.82, 2.24) is 15.1 Å². The smallest absolute Gasteiger partial charge is 0.317 e. The summed E-state index contributed by atoms with van der Waals surface area (Å²) in [5.41, 5.74) is 0.244. The first-order valence-corrected chi connectivity index (χ1v) is 8.85. The van der Waals surface area contributed by atoms with Crippen LogP contribution in [0.1, 0.15) is 46.5 Å². The maximum absolute atomic E-state index is 12.2. The highest BCUT2D eigenvalue weighted by molar-refractivity contribution is 6.12. The van der Waals surface area contributed by atoms with E-state index in [1.165, 1.54) is 17.1 Å². The molecule has 0 aromatic carbocycles. The maximum atomic E-state index is 12.2. The zero-order valence-corrected chi connectivity index (χ0v) is 15.0. The minimum absolute atomic E-state index is 0.0239. The van der Waals surface area contributed by atoms with E-state index in [1.54, 1.807) is 0 Å². The molecular formula is C18H29N3O3. The average molecular weight is 335 g/mol. The van der Waals surface area contributed by atoms with E-state index >= 15 is 0 Å². The fourth-order valence-electron chi connectivity index (χ4n) is 3.18. The topological polar surface area (TPSA) is 69.7 Å². The Bertz CT molecular complexity index is 504. The Morgan fingerprint density at radius 1 is 1.17 bits per heavy atom. The molecule has 2 aliphatic rings. The Hall–Kier alpha value is -1.85. The predicted octanol–water partition coefficient (Wildman–Crippen LogP) is 2.16. The number of hydrogen-bond acceptors (Lipinski definition) is 3. The number of amides is 4.